The van der Waals surface area contributed by atoms with Crippen LogP contribution in [0.3, 0.4) is 0 Å². The van der Waals surface area contributed by atoms with E-state index in [9.17, 15) is 49.7 Å². The first-order chi connectivity index (χ1) is 19.9. The lowest BCUT2D eigenvalue weighted by atomic mass is 9.97. The van der Waals surface area contributed by atoms with Gasteiger partial charge >= 0.3 is 24.0 Å². The molecule has 1 aliphatic carbocycles. The maximum atomic E-state index is 13.4. The number of aromatic nitrogens is 2. The monoisotopic (exact) mass is 644 g/mol. The van der Waals surface area contributed by atoms with Gasteiger partial charge in [0, 0.05) is 31.6 Å². The van der Waals surface area contributed by atoms with E-state index in [1.807, 2.05) is 0 Å². The van der Waals surface area contributed by atoms with Crippen molar-refractivity contribution in [3.8, 4) is 0 Å². The fourth-order valence-electron chi connectivity index (χ4n) is 3.98. The molecule has 4 rings (SSSR count). The highest BCUT2D eigenvalue weighted by Crippen LogP contribution is 2.35. The van der Waals surface area contributed by atoms with Crippen LogP contribution in [0.25, 0.3) is 0 Å². The Hall–Kier alpha value is -3.94. The van der Waals surface area contributed by atoms with Crippen LogP contribution in [0.5, 0.6) is 0 Å². The minimum absolute atomic E-state index is 0.0116. The molecule has 238 valence electrons. The summed E-state index contributed by atoms with van der Waals surface area (Å²) in [6.07, 6.45) is -5.17. The first kappa shape index (κ1) is 33.6. The molecule has 0 bridgehead atoms. The van der Waals surface area contributed by atoms with Gasteiger partial charge in [-0.25, -0.2) is 13.2 Å². The Morgan fingerprint density at radius 2 is 1.70 bits per heavy atom. The zero-order valence-corrected chi connectivity index (χ0v) is 22.9. The summed E-state index contributed by atoms with van der Waals surface area (Å²) in [7, 11) is -4.31. The quantitative estimate of drug-likeness (QED) is 0.210. The van der Waals surface area contributed by atoms with Crippen LogP contribution in [0.2, 0.25) is 0 Å². The molecule has 1 amide bonds. The zero-order chi connectivity index (χ0) is 32.2. The molecule has 2 aromatic rings. The second kappa shape index (κ2) is 13.1. The maximum Gasteiger partial charge on any atom is 0.490 e. The van der Waals surface area contributed by atoms with E-state index in [0.717, 1.165) is 35.5 Å². The van der Waals surface area contributed by atoms with Crippen LogP contribution < -0.4 is 10.6 Å². The number of carboxylic acid groups (broad SMARTS) is 1. The van der Waals surface area contributed by atoms with Crippen LogP contribution in [0.15, 0.2) is 35.5 Å². The number of anilines is 1. The number of aliphatic carboxylic acids is 1. The number of carboxylic acids is 1. The number of nitro groups is 1. The Labute approximate surface area is 240 Å². The molecule has 13 nitrogen and oxygen atoms in total. The molecule has 2 aliphatic rings. The third-order valence-electron chi connectivity index (χ3n) is 6.40. The van der Waals surface area contributed by atoms with Crippen molar-refractivity contribution in [2.75, 3.05) is 25.0 Å². The van der Waals surface area contributed by atoms with Gasteiger partial charge in [0.25, 0.3) is 0 Å². The second-order valence-electron chi connectivity index (χ2n) is 9.62. The molecular formula is C23H26F6N6O7S. The Kier molecular flexibility index (Phi) is 10.3. The van der Waals surface area contributed by atoms with E-state index >= 15 is 0 Å². The van der Waals surface area contributed by atoms with Gasteiger partial charge in [-0.05, 0) is 43.9 Å². The van der Waals surface area contributed by atoms with E-state index in [0.29, 0.717) is 6.07 Å². The van der Waals surface area contributed by atoms with Crippen molar-refractivity contribution >= 4 is 33.3 Å². The lowest BCUT2D eigenvalue weighted by Crippen LogP contribution is -2.43. The summed E-state index contributed by atoms with van der Waals surface area (Å²) in [4.78, 5) is 30.8. The van der Waals surface area contributed by atoms with Gasteiger partial charge in [-0.15, -0.1) is 0 Å². The van der Waals surface area contributed by atoms with Gasteiger partial charge in [0.1, 0.15) is 17.3 Å². The van der Waals surface area contributed by atoms with E-state index < -0.39 is 43.7 Å². The summed E-state index contributed by atoms with van der Waals surface area (Å²) in [5.74, 6) is -3.21. The van der Waals surface area contributed by atoms with Gasteiger partial charge in [-0.3, -0.25) is 19.6 Å². The molecule has 1 saturated carbocycles. The molecule has 1 aromatic heterocycles. The molecule has 1 aliphatic heterocycles. The summed E-state index contributed by atoms with van der Waals surface area (Å²) in [5, 5.41) is 27.5. The molecule has 2 heterocycles. The number of benzene rings is 1. The van der Waals surface area contributed by atoms with Gasteiger partial charge < -0.3 is 15.7 Å². The number of halogens is 6. The van der Waals surface area contributed by atoms with Crippen molar-refractivity contribution in [3.63, 3.8) is 0 Å². The summed E-state index contributed by atoms with van der Waals surface area (Å²) in [6.45, 7) is 0.182. The van der Waals surface area contributed by atoms with Gasteiger partial charge in [0.05, 0.1) is 22.7 Å². The van der Waals surface area contributed by atoms with Crippen LogP contribution in [0.1, 0.15) is 31.2 Å². The molecule has 3 N–H and O–H groups in total. The number of carbonyl (C=O) groups excluding carboxylic acids is 1. The molecule has 0 unspecified atom stereocenters. The Bertz CT molecular complexity index is 1430. The van der Waals surface area contributed by atoms with E-state index in [4.69, 9.17) is 9.90 Å². The number of rotatable bonds is 9. The van der Waals surface area contributed by atoms with Crippen molar-refractivity contribution < 1.29 is 54.4 Å². The van der Waals surface area contributed by atoms with E-state index in [2.05, 4.69) is 15.7 Å². The largest absolute Gasteiger partial charge is 0.490 e. The normalized spacial score (nSPS) is 16.6. The van der Waals surface area contributed by atoms with Gasteiger partial charge in [-0.2, -0.15) is 35.7 Å². The predicted molar refractivity (Wildman–Crippen MR) is 135 cm³/mol. The van der Waals surface area contributed by atoms with E-state index in [1.54, 1.807) is 0 Å². The number of nitrogens with one attached hydrogen (secondary N) is 2. The molecule has 20 heteroatoms. The van der Waals surface area contributed by atoms with E-state index in [1.165, 1.54) is 10.9 Å². The minimum Gasteiger partial charge on any atom is -0.475 e. The predicted octanol–water partition coefficient (Wildman–Crippen LogP) is 3.23. The number of sulfonamides is 1. The van der Waals surface area contributed by atoms with Gasteiger partial charge in [-0.1, -0.05) is 0 Å². The Morgan fingerprint density at radius 3 is 2.19 bits per heavy atom. The third kappa shape index (κ3) is 9.27. The van der Waals surface area contributed by atoms with Crippen molar-refractivity contribution in [1.82, 2.24) is 19.4 Å². The van der Waals surface area contributed by atoms with Crippen molar-refractivity contribution in [1.29, 1.82) is 0 Å². The molecular weight excluding hydrogens is 618 g/mol. The van der Waals surface area contributed by atoms with Gasteiger partial charge in [0.2, 0.25) is 15.9 Å². The summed E-state index contributed by atoms with van der Waals surface area (Å²) >= 11 is 0. The number of nitrogens with zero attached hydrogens (tertiary/aromatic N) is 4. The van der Waals surface area contributed by atoms with Crippen LogP contribution in [0, 0.1) is 16.0 Å². The number of hydrogen-bond donors (Lipinski definition) is 3. The van der Waals surface area contributed by atoms with Crippen molar-refractivity contribution in [2.24, 2.45) is 5.92 Å². The van der Waals surface area contributed by atoms with Crippen LogP contribution in [-0.2, 0) is 32.3 Å². The Morgan fingerprint density at radius 1 is 1.09 bits per heavy atom. The molecule has 43 heavy (non-hydrogen) atoms. The zero-order valence-electron chi connectivity index (χ0n) is 22.1. The molecule has 1 aromatic carbocycles. The smallest absolute Gasteiger partial charge is 0.475 e. The average molecular weight is 645 g/mol. The molecule has 2 fully saturated rings. The number of alkyl halides is 6. The van der Waals surface area contributed by atoms with Gasteiger partial charge in [0.15, 0.2) is 0 Å². The SMILES string of the molecule is O=C(NC1CC1)C1CCN(S(=O)(=O)c2cc(C(F)(F)F)ccc2NCCn2cc([N+](=O)[O-])cn2)CC1.O=C(O)C(F)(F)F. The first-order valence-corrected chi connectivity index (χ1v) is 14.1. The third-order valence-corrected chi connectivity index (χ3v) is 8.34. The highest BCUT2D eigenvalue weighted by Gasteiger charge is 2.39. The number of amides is 1. The fourth-order valence-corrected chi connectivity index (χ4v) is 5.64. The summed E-state index contributed by atoms with van der Waals surface area (Å²) in [5.41, 5.74) is -1.35. The minimum atomic E-state index is -5.08. The molecule has 1 saturated heterocycles. The second-order valence-corrected chi connectivity index (χ2v) is 11.5. The van der Waals surface area contributed by atoms with Crippen molar-refractivity contribution in [3.05, 3.63) is 46.3 Å². The fraction of sp³-hybridized carbons (Fsp3) is 0.522. The molecule has 0 spiro atoms. The highest BCUT2D eigenvalue weighted by atomic mass is 32.2. The van der Waals surface area contributed by atoms with Crippen LogP contribution >= 0.6 is 0 Å². The number of carbonyl (C=O) groups is 2. The van der Waals surface area contributed by atoms with Crippen LogP contribution in [-0.4, -0.2) is 76.3 Å². The lowest BCUT2D eigenvalue weighted by Gasteiger charge is -2.31. The van der Waals surface area contributed by atoms with E-state index in [-0.39, 0.29) is 68.3 Å². The summed E-state index contributed by atoms with van der Waals surface area (Å²) < 4.78 is 101. The average Bonchev–Trinajstić information content (AvgIpc) is 3.60. The lowest BCUT2D eigenvalue weighted by molar-refractivity contribution is -0.385. The van der Waals surface area contributed by atoms with Crippen LogP contribution in [0.4, 0.5) is 37.7 Å². The van der Waals surface area contributed by atoms with Crippen molar-refractivity contribution in [2.45, 2.75) is 55.5 Å². The number of hydrogen-bond acceptors (Lipinski definition) is 8. The highest BCUT2D eigenvalue weighted by molar-refractivity contribution is 7.89. The molecule has 0 atom stereocenters. The first-order valence-electron chi connectivity index (χ1n) is 12.6. The topological polar surface area (TPSA) is 177 Å². The number of piperidine rings is 1. The Balaban J connectivity index is 0.000000646. The standard InChI is InChI=1S/C21H25F3N6O5S.C2HF3O2/c22-21(23,24)15-1-4-18(25-7-10-28-13-17(12-26-28)30(32)33)19(11-15)36(34,35)29-8-5-14(6-9-29)20(31)27-16-2-3-16;3-2(4,5)1(6)7/h1,4,11-14,16,25H,2-3,5-10H2,(H,27,31);(H,6,7). The molecule has 0 radical (unpaired) electrons. The summed E-state index contributed by atoms with van der Waals surface area (Å²) in [6, 6.07) is 2.62. The maximum absolute atomic E-state index is 13.4.